The summed E-state index contributed by atoms with van der Waals surface area (Å²) in [7, 11) is 0. The van der Waals surface area contributed by atoms with E-state index in [2.05, 4.69) is 35.8 Å². The first-order chi connectivity index (χ1) is 13.6. The summed E-state index contributed by atoms with van der Waals surface area (Å²) >= 11 is 0. The van der Waals surface area contributed by atoms with Crippen molar-refractivity contribution in [3.8, 4) is 0 Å². The molecule has 5 nitrogen and oxygen atoms in total. The maximum Gasteiger partial charge on any atom is 0.236 e. The topological polar surface area (TPSA) is 43.9 Å². The van der Waals surface area contributed by atoms with Crippen molar-refractivity contribution in [1.82, 2.24) is 14.7 Å². The van der Waals surface area contributed by atoms with Gasteiger partial charge in [-0.1, -0.05) is 49.1 Å². The van der Waals surface area contributed by atoms with Crippen molar-refractivity contribution in [2.24, 2.45) is 0 Å². The van der Waals surface area contributed by atoms with Crippen LogP contribution in [0.2, 0.25) is 0 Å². The van der Waals surface area contributed by atoms with Crippen LogP contribution in [0.1, 0.15) is 50.2 Å². The first-order valence-corrected chi connectivity index (χ1v) is 10.9. The van der Waals surface area contributed by atoms with E-state index in [1.807, 2.05) is 17.0 Å². The number of hydrogen-bond acceptors (Lipinski definition) is 3. The average Bonchev–Trinajstić information content (AvgIpc) is 2.71. The minimum Gasteiger partial charge on any atom is -0.340 e. The highest BCUT2D eigenvalue weighted by Gasteiger charge is 2.27. The van der Waals surface area contributed by atoms with Gasteiger partial charge in [0.15, 0.2) is 0 Å². The van der Waals surface area contributed by atoms with Crippen LogP contribution in [0.3, 0.4) is 0 Å². The molecule has 2 amide bonds. The Morgan fingerprint density at radius 2 is 1.64 bits per heavy atom. The maximum absolute atomic E-state index is 12.8. The second-order valence-electron chi connectivity index (χ2n) is 8.29. The van der Waals surface area contributed by atoms with E-state index < -0.39 is 0 Å². The summed E-state index contributed by atoms with van der Waals surface area (Å²) in [5, 5.41) is 0. The molecule has 1 aliphatic heterocycles. The molecule has 0 aromatic heterocycles. The summed E-state index contributed by atoms with van der Waals surface area (Å²) in [4.78, 5) is 31.7. The first-order valence-electron chi connectivity index (χ1n) is 10.9. The molecular formula is C23H35N3O2. The molecule has 1 saturated heterocycles. The molecule has 2 aliphatic rings. The molecule has 1 heterocycles. The third-order valence-electron chi connectivity index (χ3n) is 6.24. The van der Waals surface area contributed by atoms with Crippen LogP contribution >= 0.6 is 0 Å². The van der Waals surface area contributed by atoms with Gasteiger partial charge in [0, 0.05) is 38.8 Å². The van der Waals surface area contributed by atoms with Crippen LogP contribution in [-0.4, -0.2) is 71.8 Å². The molecule has 0 spiro atoms. The number of carbonyl (C=O) groups excluding carboxylic acids is 2. The van der Waals surface area contributed by atoms with Gasteiger partial charge in [-0.15, -0.1) is 0 Å². The monoisotopic (exact) mass is 385 g/mol. The number of hydrogen-bond donors (Lipinski definition) is 0. The van der Waals surface area contributed by atoms with E-state index in [1.165, 1.54) is 24.8 Å². The number of likely N-dealkylation sites (N-methyl/N-ethyl adjacent to an activating group) is 1. The summed E-state index contributed by atoms with van der Waals surface area (Å²) in [6.45, 7) is 8.44. The lowest BCUT2D eigenvalue weighted by Gasteiger charge is -2.38. The normalized spacial score (nSPS) is 18.9. The summed E-state index contributed by atoms with van der Waals surface area (Å²) < 4.78 is 0. The fraction of sp³-hybridized carbons (Fsp3) is 0.652. The Morgan fingerprint density at radius 1 is 1.00 bits per heavy atom. The Labute approximate surface area is 169 Å². The second-order valence-corrected chi connectivity index (χ2v) is 8.29. The molecule has 28 heavy (non-hydrogen) atoms. The summed E-state index contributed by atoms with van der Waals surface area (Å²) in [6.07, 6.45) is 6.57. The van der Waals surface area contributed by atoms with Crippen molar-refractivity contribution in [2.45, 2.75) is 58.4 Å². The molecule has 1 aromatic carbocycles. The van der Waals surface area contributed by atoms with Gasteiger partial charge in [0.05, 0.1) is 13.0 Å². The van der Waals surface area contributed by atoms with Gasteiger partial charge in [-0.2, -0.15) is 0 Å². The highest BCUT2D eigenvalue weighted by molar-refractivity contribution is 5.79. The van der Waals surface area contributed by atoms with E-state index in [9.17, 15) is 9.59 Å². The SMILES string of the molecule is CCN(C(=O)CN1CCN(C(=O)Cc2ccc(C)cc2)CC1)C1CCCCC1. The molecule has 3 rings (SSSR count). The lowest BCUT2D eigenvalue weighted by atomic mass is 9.94. The predicted molar refractivity (Wildman–Crippen MR) is 112 cm³/mol. The zero-order valence-electron chi connectivity index (χ0n) is 17.5. The largest absolute Gasteiger partial charge is 0.340 e. The van der Waals surface area contributed by atoms with Crippen LogP contribution in [0.25, 0.3) is 0 Å². The molecule has 0 bridgehead atoms. The Bertz CT molecular complexity index is 644. The van der Waals surface area contributed by atoms with Crippen LogP contribution < -0.4 is 0 Å². The van der Waals surface area contributed by atoms with Gasteiger partial charge in [0.1, 0.15) is 0 Å². The van der Waals surface area contributed by atoms with Gasteiger partial charge >= 0.3 is 0 Å². The van der Waals surface area contributed by atoms with Crippen molar-refractivity contribution in [1.29, 1.82) is 0 Å². The Kier molecular flexibility index (Phi) is 7.49. The summed E-state index contributed by atoms with van der Waals surface area (Å²) in [5.41, 5.74) is 2.28. The molecule has 0 N–H and O–H groups in total. The summed E-state index contributed by atoms with van der Waals surface area (Å²) in [6, 6.07) is 8.61. The minimum atomic E-state index is 0.187. The lowest BCUT2D eigenvalue weighted by Crippen LogP contribution is -2.53. The van der Waals surface area contributed by atoms with Gasteiger partial charge in [-0.25, -0.2) is 0 Å². The van der Waals surface area contributed by atoms with Gasteiger partial charge < -0.3 is 9.80 Å². The lowest BCUT2D eigenvalue weighted by molar-refractivity contribution is -0.136. The number of piperazine rings is 1. The van der Waals surface area contributed by atoms with E-state index in [4.69, 9.17) is 0 Å². The van der Waals surface area contributed by atoms with E-state index in [0.717, 1.165) is 38.0 Å². The van der Waals surface area contributed by atoms with Crippen LogP contribution in [-0.2, 0) is 16.0 Å². The number of carbonyl (C=O) groups is 2. The first kappa shape index (κ1) is 20.8. The van der Waals surface area contributed by atoms with Gasteiger partial charge in [0.25, 0.3) is 0 Å². The summed E-state index contributed by atoms with van der Waals surface area (Å²) in [5.74, 6) is 0.445. The average molecular weight is 386 g/mol. The van der Waals surface area contributed by atoms with Gasteiger partial charge in [-0.05, 0) is 32.3 Å². The van der Waals surface area contributed by atoms with Crippen molar-refractivity contribution in [3.05, 3.63) is 35.4 Å². The number of nitrogens with zero attached hydrogens (tertiary/aromatic N) is 3. The standard InChI is InChI=1S/C23H35N3O2/c1-3-26(21-7-5-4-6-8-21)23(28)18-24-13-15-25(16-14-24)22(27)17-20-11-9-19(2)10-12-20/h9-12,21H,3-8,13-18H2,1-2H3. The van der Waals surface area contributed by atoms with E-state index in [0.29, 0.717) is 32.1 Å². The Balaban J connectivity index is 1.44. The molecule has 0 unspecified atom stereocenters. The number of aryl methyl sites for hydroxylation is 1. The Hall–Kier alpha value is -1.88. The molecule has 154 valence electrons. The molecule has 2 fully saturated rings. The molecule has 0 atom stereocenters. The van der Waals surface area contributed by atoms with E-state index in [1.54, 1.807) is 0 Å². The van der Waals surface area contributed by atoms with E-state index in [-0.39, 0.29) is 11.8 Å². The molecule has 1 saturated carbocycles. The molecule has 5 heteroatoms. The maximum atomic E-state index is 12.8. The predicted octanol–water partition coefficient (Wildman–Crippen LogP) is 2.86. The van der Waals surface area contributed by atoms with Crippen molar-refractivity contribution >= 4 is 11.8 Å². The van der Waals surface area contributed by atoms with Crippen molar-refractivity contribution < 1.29 is 9.59 Å². The minimum absolute atomic E-state index is 0.187. The van der Waals surface area contributed by atoms with Crippen LogP contribution in [0.4, 0.5) is 0 Å². The molecular weight excluding hydrogens is 350 g/mol. The quantitative estimate of drug-likeness (QED) is 0.756. The number of benzene rings is 1. The third kappa shape index (κ3) is 5.57. The zero-order valence-corrected chi connectivity index (χ0v) is 17.5. The van der Waals surface area contributed by atoms with Crippen molar-refractivity contribution in [3.63, 3.8) is 0 Å². The highest BCUT2D eigenvalue weighted by Crippen LogP contribution is 2.22. The third-order valence-corrected chi connectivity index (χ3v) is 6.24. The zero-order chi connectivity index (χ0) is 19.9. The van der Waals surface area contributed by atoms with Crippen LogP contribution in [0.5, 0.6) is 0 Å². The molecule has 1 aromatic rings. The van der Waals surface area contributed by atoms with Crippen molar-refractivity contribution in [2.75, 3.05) is 39.3 Å². The molecule has 1 aliphatic carbocycles. The van der Waals surface area contributed by atoms with Crippen LogP contribution in [0.15, 0.2) is 24.3 Å². The van der Waals surface area contributed by atoms with Gasteiger partial charge in [0.2, 0.25) is 11.8 Å². The molecule has 0 radical (unpaired) electrons. The van der Waals surface area contributed by atoms with Crippen LogP contribution in [0, 0.1) is 6.92 Å². The van der Waals surface area contributed by atoms with Gasteiger partial charge in [-0.3, -0.25) is 14.5 Å². The fourth-order valence-corrected chi connectivity index (χ4v) is 4.46. The van der Waals surface area contributed by atoms with E-state index >= 15 is 0 Å². The Morgan fingerprint density at radius 3 is 2.25 bits per heavy atom. The number of rotatable bonds is 6. The smallest absolute Gasteiger partial charge is 0.236 e. The number of amides is 2. The highest BCUT2D eigenvalue weighted by atomic mass is 16.2. The fourth-order valence-electron chi connectivity index (χ4n) is 4.46. The second kappa shape index (κ2) is 10.1.